The van der Waals surface area contributed by atoms with Gasteiger partial charge in [0.15, 0.2) is 5.65 Å². The first-order valence-corrected chi connectivity index (χ1v) is 9.84. The summed E-state index contributed by atoms with van der Waals surface area (Å²) in [6.07, 6.45) is 4.15. The number of carbonyl (C=O) groups is 1. The Bertz CT molecular complexity index is 1230. The molecule has 10 heteroatoms. The van der Waals surface area contributed by atoms with E-state index in [1.807, 2.05) is 0 Å². The number of rotatable bonds is 5. The largest absolute Gasteiger partial charge is 0.497 e. The number of hydrogen-bond donors (Lipinski definition) is 2. The molecule has 3 aromatic rings. The van der Waals surface area contributed by atoms with E-state index >= 15 is 0 Å². The monoisotopic (exact) mass is 434 g/mol. The number of likely N-dealkylation sites (tertiary alicyclic amines) is 1. The van der Waals surface area contributed by atoms with E-state index in [0.717, 1.165) is 0 Å². The molecule has 0 saturated carbocycles. The maximum absolute atomic E-state index is 12.1. The first-order chi connectivity index (χ1) is 15.5. The lowest BCUT2D eigenvalue weighted by Gasteiger charge is -2.38. The van der Waals surface area contributed by atoms with E-state index in [1.54, 1.807) is 42.0 Å². The van der Waals surface area contributed by atoms with Gasteiger partial charge in [-0.15, -0.1) is 0 Å². The molecule has 1 aliphatic rings. The van der Waals surface area contributed by atoms with Gasteiger partial charge in [0.25, 0.3) is 0 Å². The minimum absolute atomic E-state index is 0.0641. The van der Waals surface area contributed by atoms with Crippen LogP contribution in [0.4, 0.5) is 5.82 Å². The number of aliphatic hydroxyl groups excluding tert-OH is 1. The van der Waals surface area contributed by atoms with Crippen molar-refractivity contribution in [1.29, 1.82) is 0 Å². The minimum Gasteiger partial charge on any atom is -0.497 e. The van der Waals surface area contributed by atoms with Gasteiger partial charge in [-0.25, -0.2) is 14.6 Å². The van der Waals surface area contributed by atoms with Crippen LogP contribution in [0.5, 0.6) is 11.5 Å². The minimum atomic E-state index is -0.176. The Morgan fingerprint density at radius 3 is 2.59 bits per heavy atom. The summed E-state index contributed by atoms with van der Waals surface area (Å²) in [7, 11) is 3.15. The lowest BCUT2D eigenvalue weighted by molar-refractivity contribution is -0.131. The molecular weight excluding hydrogens is 412 g/mol. The van der Waals surface area contributed by atoms with E-state index in [2.05, 4.69) is 26.9 Å². The van der Waals surface area contributed by atoms with Crippen molar-refractivity contribution < 1.29 is 19.4 Å². The molecule has 1 fully saturated rings. The molecule has 1 amide bonds. The summed E-state index contributed by atoms with van der Waals surface area (Å²) in [5.41, 5.74) is 7.81. The quantitative estimate of drug-likeness (QED) is 0.445. The number of nitrogens with two attached hydrogens (primary N) is 1. The molecule has 0 aliphatic carbocycles. The van der Waals surface area contributed by atoms with E-state index in [9.17, 15) is 4.79 Å². The topological polar surface area (TPSA) is 129 Å². The molecule has 10 nitrogen and oxygen atoms in total. The van der Waals surface area contributed by atoms with Crippen molar-refractivity contribution in [3.05, 3.63) is 47.9 Å². The Labute approximate surface area is 184 Å². The highest BCUT2D eigenvalue weighted by molar-refractivity contribution is 5.91. The molecule has 3 N–H and O–H groups in total. The van der Waals surface area contributed by atoms with Gasteiger partial charge >= 0.3 is 0 Å². The molecule has 0 unspecified atom stereocenters. The van der Waals surface area contributed by atoms with Gasteiger partial charge in [0.05, 0.1) is 32.3 Å². The van der Waals surface area contributed by atoms with Crippen molar-refractivity contribution >= 4 is 22.8 Å². The summed E-state index contributed by atoms with van der Waals surface area (Å²) in [4.78, 5) is 22.1. The van der Waals surface area contributed by atoms with Crippen LogP contribution in [0.15, 0.2) is 36.7 Å². The molecule has 164 valence electrons. The van der Waals surface area contributed by atoms with Gasteiger partial charge < -0.3 is 25.2 Å². The van der Waals surface area contributed by atoms with Gasteiger partial charge in [-0.2, -0.15) is 5.10 Å². The molecule has 2 aromatic heterocycles. The Kier molecular flexibility index (Phi) is 5.91. The number of anilines is 1. The van der Waals surface area contributed by atoms with Crippen LogP contribution in [0.2, 0.25) is 0 Å². The third-order valence-corrected chi connectivity index (χ3v) is 5.08. The average molecular weight is 434 g/mol. The third kappa shape index (κ3) is 4.06. The molecule has 0 bridgehead atoms. The van der Waals surface area contributed by atoms with E-state index in [4.69, 9.17) is 20.3 Å². The highest BCUT2D eigenvalue weighted by Crippen LogP contribution is 2.28. The standard InChI is InChI=1S/C22H22N6O4/c1-31-16-8-14(9-17(10-16)32-2)5-6-18-20-21(23)24-13-25-22(20)28(26-18)15-11-27(12-15)19(30)4-3-7-29/h3-4,8-10,13,15,29H,7,11-12H2,1-2H3,(H2,23,24,25)/b4-3+. The Hall–Kier alpha value is -4.10. The van der Waals surface area contributed by atoms with Crippen LogP contribution in [0, 0.1) is 11.8 Å². The first-order valence-electron chi connectivity index (χ1n) is 9.84. The maximum atomic E-state index is 12.1. The molecular formula is C22H22N6O4. The molecule has 0 spiro atoms. The molecule has 1 aromatic carbocycles. The molecule has 1 saturated heterocycles. The summed E-state index contributed by atoms with van der Waals surface area (Å²) in [5, 5.41) is 14.0. The van der Waals surface area contributed by atoms with Crippen molar-refractivity contribution in [3.8, 4) is 23.3 Å². The summed E-state index contributed by atoms with van der Waals surface area (Å²) in [6, 6.07) is 5.29. The zero-order valence-corrected chi connectivity index (χ0v) is 17.6. The number of ether oxygens (including phenoxy) is 2. The molecule has 0 atom stereocenters. The number of methoxy groups -OCH3 is 2. The zero-order chi connectivity index (χ0) is 22.7. The first kappa shape index (κ1) is 21.1. The van der Waals surface area contributed by atoms with Crippen molar-refractivity contribution in [2.24, 2.45) is 0 Å². The number of aliphatic hydroxyl groups is 1. The van der Waals surface area contributed by atoms with E-state index in [-0.39, 0.29) is 24.4 Å². The van der Waals surface area contributed by atoms with Crippen LogP contribution in [0.25, 0.3) is 11.0 Å². The van der Waals surface area contributed by atoms with Crippen molar-refractivity contribution in [3.63, 3.8) is 0 Å². The van der Waals surface area contributed by atoms with Crippen LogP contribution in [-0.2, 0) is 4.79 Å². The van der Waals surface area contributed by atoms with Crippen molar-refractivity contribution in [2.45, 2.75) is 6.04 Å². The molecule has 1 aliphatic heterocycles. The highest BCUT2D eigenvalue weighted by atomic mass is 16.5. The maximum Gasteiger partial charge on any atom is 0.246 e. The second kappa shape index (κ2) is 8.95. The van der Waals surface area contributed by atoms with Gasteiger partial charge in [-0.3, -0.25) is 4.79 Å². The number of hydrogen-bond acceptors (Lipinski definition) is 8. The van der Waals surface area contributed by atoms with Crippen LogP contribution in [-0.4, -0.2) is 69.6 Å². The smallest absolute Gasteiger partial charge is 0.246 e. The number of benzene rings is 1. The Morgan fingerprint density at radius 2 is 1.94 bits per heavy atom. The predicted octanol–water partition coefficient (Wildman–Crippen LogP) is 0.757. The van der Waals surface area contributed by atoms with Gasteiger partial charge in [-0.1, -0.05) is 12.0 Å². The van der Waals surface area contributed by atoms with Crippen LogP contribution >= 0.6 is 0 Å². The zero-order valence-electron chi connectivity index (χ0n) is 17.6. The van der Waals surface area contributed by atoms with Gasteiger partial charge in [0.1, 0.15) is 29.3 Å². The fourth-order valence-electron chi connectivity index (χ4n) is 3.40. The van der Waals surface area contributed by atoms with Crippen LogP contribution in [0.1, 0.15) is 17.3 Å². The SMILES string of the molecule is COc1cc(C#Cc2nn(C3CN(C(=O)/C=C/CO)C3)c3ncnc(N)c23)cc(OC)c1. The van der Waals surface area contributed by atoms with E-state index in [0.29, 0.717) is 46.9 Å². The summed E-state index contributed by atoms with van der Waals surface area (Å²) < 4.78 is 12.3. The number of nitrogens with zero attached hydrogens (tertiary/aromatic N) is 5. The van der Waals surface area contributed by atoms with Crippen molar-refractivity contribution in [2.75, 3.05) is 39.6 Å². The normalized spacial score (nSPS) is 13.7. The molecule has 3 heterocycles. The van der Waals surface area contributed by atoms with Crippen molar-refractivity contribution in [1.82, 2.24) is 24.6 Å². The highest BCUT2D eigenvalue weighted by Gasteiger charge is 2.33. The number of carbonyl (C=O) groups excluding carboxylic acids is 1. The fraction of sp³-hybridized carbons (Fsp3) is 0.273. The van der Waals surface area contributed by atoms with E-state index in [1.165, 1.54) is 18.5 Å². The molecule has 32 heavy (non-hydrogen) atoms. The van der Waals surface area contributed by atoms with Gasteiger partial charge in [0.2, 0.25) is 5.91 Å². The lowest BCUT2D eigenvalue weighted by Crippen LogP contribution is -2.50. The van der Waals surface area contributed by atoms with Gasteiger partial charge in [0, 0.05) is 30.8 Å². The number of aromatic nitrogens is 4. The third-order valence-electron chi connectivity index (χ3n) is 5.08. The number of fused-ring (bicyclic) bond motifs is 1. The van der Waals surface area contributed by atoms with Crippen LogP contribution < -0.4 is 15.2 Å². The average Bonchev–Trinajstić information content (AvgIpc) is 3.14. The van der Waals surface area contributed by atoms with Gasteiger partial charge in [-0.05, 0) is 18.1 Å². The number of nitrogen functional groups attached to an aromatic ring is 1. The molecule has 4 rings (SSSR count). The second-order valence-electron chi connectivity index (χ2n) is 7.08. The fourth-order valence-corrected chi connectivity index (χ4v) is 3.40. The molecule has 0 radical (unpaired) electrons. The Morgan fingerprint density at radius 1 is 1.22 bits per heavy atom. The summed E-state index contributed by atoms with van der Waals surface area (Å²) in [5.74, 6) is 7.51. The Balaban J connectivity index is 1.66. The second-order valence-corrected chi connectivity index (χ2v) is 7.08. The lowest BCUT2D eigenvalue weighted by atomic mass is 10.1. The van der Waals surface area contributed by atoms with Crippen LogP contribution in [0.3, 0.4) is 0 Å². The number of amides is 1. The summed E-state index contributed by atoms with van der Waals surface area (Å²) >= 11 is 0. The predicted molar refractivity (Wildman–Crippen MR) is 117 cm³/mol. The summed E-state index contributed by atoms with van der Waals surface area (Å²) in [6.45, 7) is 0.759. The van der Waals surface area contributed by atoms with E-state index < -0.39 is 0 Å².